The molecule has 176 valence electrons. The Labute approximate surface area is 203 Å². The summed E-state index contributed by atoms with van der Waals surface area (Å²) >= 11 is 1.26. The van der Waals surface area contributed by atoms with Gasteiger partial charge in [0.2, 0.25) is 5.95 Å². The Morgan fingerprint density at radius 3 is 2.68 bits per heavy atom. The molecule has 1 aromatic carbocycles. The van der Waals surface area contributed by atoms with E-state index < -0.39 is 0 Å². The predicted molar refractivity (Wildman–Crippen MR) is 134 cm³/mol. The lowest BCUT2D eigenvalue weighted by Gasteiger charge is -2.29. The Morgan fingerprint density at radius 2 is 1.97 bits per heavy atom. The molecule has 1 saturated heterocycles. The molecule has 8 nitrogen and oxygen atoms in total. The van der Waals surface area contributed by atoms with Crippen molar-refractivity contribution in [3.05, 3.63) is 56.7 Å². The summed E-state index contributed by atoms with van der Waals surface area (Å²) in [5, 5.41) is 20.7. The highest BCUT2D eigenvalue weighted by molar-refractivity contribution is 7.17. The molecule has 0 radical (unpaired) electrons. The molecular weight excluding hydrogens is 448 g/mol. The zero-order valence-corrected chi connectivity index (χ0v) is 20.1. The Balaban J connectivity index is 0.00000158. The fourth-order valence-electron chi connectivity index (χ4n) is 4.04. The van der Waals surface area contributed by atoms with Gasteiger partial charge in [-0.2, -0.15) is 5.26 Å². The summed E-state index contributed by atoms with van der Waals surface area (Å²) in [5.74, 6) is 0.393. The number of nitrogens with zero attached hydrogens (tertiary/aromatic N) is 5. The van der Waals surface area contributed by atoms with Crippen LogP contribution in [0.15, 0.2) is 34.4 Å². The van der Waals surface area contributed by atoms with E-state index in [1.807, 2.05) is 18.2 Å². The first-order valence-electron chi connectivity index (χ1n) is 11.4. The number of hydrogen-bond acceptors (Lipinski definition) is 7. The number of carbonyl (C=O) groups excluding carboxylic acids is 1. The van der Waals surface area contributed by atoms with Crippen molar-refractivity contribution in [2.45, 2.75) is 45.6 Å². The van der Waals surface area contributed by atoms with E-state index in [1.54, 1.807) is 16.0 Å². The molecule has 0 bridgehead atoms. The van der Waals surface area contributed by atoms with Crippen molar-refractivity contribution in [1.82, 2.24) is 14.9 Å². The molecular formula is C25H28N6O2S. The Hall–Kier alpha value is -3.69. The van der Waals surface area contributed by atoms with Crippen LogP contribution in [0.1, 0.15) is 60.5 Å². The van der Waals surface area contributed by atoms with Crippen molar-refractivity contribution in [1.29, 1.82) is 10.5 Å². The Morgan fingerprint density at radius 1 is 1.24 bits per heavy atom. The monoisotopic (exact) mass is 476 g/mol. The maximum absolute atomic E-state index is 13.6. The van der Waals surface area contributed by atoms with Crippen LogP contribution in [0.3, 0.4) is 0 Å². The first kappa shape index (κ1) is 24.9. The molecule has 4 rings (SSSR count). The molecule has 2 aromatic heterocycles. The molecule has 0 atom stereocenters. The molecule has 0 aliphatic carbocycles. The number of hydrogen-bond donors (Lipinski definition) is 1. The number of fused-ring (bicyclic) bond motifs is 1. The second kappa shape index (κ2) is 12.0. The zero-order chi connectivity index (χ0) is 24.5. The number of nitrogens with one attached hydrogen (secondary N) is 1. The van der Waals surface area contributed by atoms with Crippen molar-refractivity contribution in [3.63, 3.8) is 0 Å². The molecule has 34 heavy (non-hydrogen) atoms. The van der Waals surface area contributed by atoms with E-state index in [1.165, 1.54) is 11.3 Å². The van der Waals surface area contributed by atoms with Crippen LogP contribution >= 0.6 is 11.3 Å². The summed E-state index contributed by atoms with van der Waals surface area (Å²) in [6, 6.07) is 9.54. The van der Waals surface area contributed by atoms with Gasteiger partial charge in [0, 0.05) is 31.6 Å². The summed E-state index contributed by atoms with van der Waals surface area (Å²) in [5.41, 5.74) is 2.10. The van der Waals surface area contributed by atoms with E-state index in [2.05, 4.69) is 29.8 Å². The van der Waals surface area contributed by atoms with Crippen LogP contribution in [0.2, 0.25) is 0 Å². The Bertz CT molecular complexity index is 1260. The molecule has 1 aliphatic heterocycles. The summed E-state index contributed by atoms with van der Waals surface area (Å²) < 4.78 is 2.14. The number of aromatic nitrogens is 2. The van der Waals surface area contributed by atoms with Gasteiger partial charge in [0.15, 0.2) is 0 Å². The van der Waals surface area contributed by atoms with Crippen LogP contribution in [0.5, 0.6) is 0 Å². The highest BCUT2D eigenvalue weighted by Crippen LogP contribution is 2.26. The fraction of sp³-hybridized carbons (Fsp3) is 0.400. The number of piperidine rings is 1. The smallest absolute Gasteiger partial charge is 0.273 e. The molecule has 0 unspecified atom stereocenters. The summed E-state index contributed by atoms with van der Waals surface area (Å²) in [7, 11) is 0. The second-order valence-corrected chi connectivity index (χ2v) is 8.94. The lowest BCUT2D eigenvalue weighted by atomic mass is 10.1. The number of nitriles is 2. The first-order chi connectivity index (χ1) is 16.6. The van der Waals surface area contributed by atoms with Crippen LogP contribution in [0.25, 0.3) is 10.2 Å². The molecule has 1 N–H and O–H groups in total. The zero-order valence-electron chi connectivity index (χ0n) is 19.3. The number of anilines is 1. The molecule has 1 aliphatic rings. The number of amides is 1. The Kier molecular flexibility index (Phi) is 8.78. The van der Waals surface area contributed by atoms with Crippen molar-refractivity contribution >= 4 is 33.4 Å². The fourth-order valence-corrected chi connectivity index (χ4v) is 4.97. The van der Waals surface area contributed by atoms with Gasteiger partial charge in [-0.1, -0.05) is 31.5 Å². The number of carbonyl (C=O) groups is 1. The number of rotatable bonds is 7. The highest BCUT2D eigenvalue weighted by atomic mass is 32.1. The average Bonchev–Trinajstić information content (AvgIpc) is 3.32. The van der Waals surface area contributed by atoms with Gasteiger partial charge >= 0.3 is 0 Å². The molecule has 1 amide bonds. The van der Waals surface area contributed by atoms with Gasteiger partial charge < -0.3 is 10.2 Å². The van der Waals surface area contributed by atoms with Gasteiger partial charge in [-0.25, -0.2) is 10.2 Å². The minimum atomic E-state index is -0.186. The van der Waals surface area contributed by atoms with Gasteiger partial charge in [0.25, 0.3) is 11.5 Å². The number of benzene rings is 1. The van der Waals surface area contributed by atoms with Gasteiger partial charge in [-0.15, -0.1) is 11.3 Å². The molecule has 0 saturated carbocycles. The van der Waals surface area contributed by atoms with Crippen molar-refractivity contribution in [3.8, 4) is 12.6 Å². The summed E-state index contributed by atoms with van der Waals surface area (Å²) in [6.45, 7) is 8.09. The van der Waals surface area contributed by atoms with E-state index in [0.717, 1.165) is 50.8 Å². The molecule has 0 spiro atoms. The van der Waals surface area contributed by atoms with E-state index in [9.17, 15) is 14.9 Å². The lowest BCUT2D eigenvalue weighted by molar-refractivity contribution is 0.0955. The third-order valence-electron chi connectivity index (χ3n) is 5.82. The topological polar surface area (TPSA) is 115 Å². The van der Waals surface area contributed by atoms with Gasteiger partial charge in [-0.05, 0) is 37.3 Å². The predicted octanol–water partition coefficient (Wildman–Crippen LogP) is 4.04. The number of unbranched alkanes of at least 4 members (excludes halogenated alkanes) is 1. The van der Waals surface area contributed by atoms with Crippen LogP contribution in [-0.4, -0.2) is 35.1 Å². The van der Waals surface area contributed by atoms with Crippen LogP contribution in [-0.2, 0) is 6.54 Å². The SMILES string of the molecule is C#N.CCCCNC(=O)c1csc2c(=O)n(Cc3ccccc3C#N)c(N3CCCCC3)nc12. The van der Waals surface area contributed by atoms with E-state index in [-0.39, 0.29) is 18.0 Å². The summed E-state index contributed by atoms with van der Waals surface area (Å²) in [6.07, 6.45) is 5.14. The van der Waals surface area contributed by atoms with Gasteiger partial charge in [-0.3, -0.25) is 14.2 Å². The van der Waals surface area contributed by atoms with Crippen molar-refractivity contribution in [2.75, 3.05) is 24.5 Å². The second-order valence-electron chi connectivity index (χ2n) is 8.06. The summed E-state index contributed by atoms with van der Waals surface area (Å²) in [4.78, 5) is 33.3. The van der Waals surface area contributed by atoms with E-state index in [4.69, 9.17) is 10.2 Å². The maximum Gasteiger partial charge on any atom is 0.273 e. The quantitative estimate of drug-likeness (QED) is 0.515. The first-order valence-corrected chi connectivity index (χ1v) is 12.3. The molecule has 1 fully saturated rings. The molecule has 3 aromatic rings. The van der Waals surface area contributed by atoms with Crippen LogP contribution in [0, 0.1) is 23.2 Å². The molecule has 3 heterocycles. The van der Waals surface area contributed by atoms with Gasteiger partial charge in [0.1, 0.15) is 10.2 Å². The largest absolute Gasteiger partial charge is 0.352 e. The minimum Gasteiger partial charge on any atom is -0.352 e. The molecule has 9 heteroatoms. The van der Waals surface area contributed by atoms with Crippen LogP contribution in [0.4, 0.5) is 5.95 Å². The lowest BCUT2D eigenvalue weighted by Crippen LogP contribution is -2.36. The third-order valence-corrected chi connectivity index (χ3v) is 6.78. The average molecular weight is 477 g/mol. The van der Waals surface area contributed by atoms with Crippen LogP contribution < -0.4 is 15.8 Å². The van der Waals surface area contributed by atoms with E-state index >= 15 is 0 Å². The third kappa shape index (κ3) is 5.27. The standard InChI is InChI=1S/C24H27N5O2S.CHN/c1-2-3-11-26-22(30)19-16-32-21-20(19)27-24(28-12-7-4-8-13-28)29(23(21)31)15-18-10-6-5-9-17(18)14-25;1-2/h5-6,9-10,16H,2-4,7-8,11-13,15H2,1H3,(H,26,30);1H. The normalized spacial score (nSPS) is 13.1. The maximum atomic E-state index is 13.6. The number of thiophene rings is 1. The minimum absolute atomic E-state index is 0.166. The van der Waals surface area contributed by atoms with Crippen molar-refractivity contribution in [2.24, 2.45) is 0 Å². The van der Waals surface area contributed by atoms with Crippen molar-refractivity contribution < 1.29 is 4.79 Å². The van der Waals surface area contributed by atoms with E-state index in [0.29, 0.717) is 33.8 Å². The van der Waals surface area contributed by atoms with Gasteiger partial charge in [0.05, 0.1) is 23.7 Å². The highest BCUT2D eigenvalue weighted by Gasteiger charge is 2.23.